The second-order valence-corrected chi connectivity index (χ2v) is 7.31. The van der Waals surface area contributed by atoms with Crippen LogP contribution in [0.1, 0.15) is 42.1 Å². The van der Waals surface area contributed by atoms with E-state index in [4.69, 9.17) is 0 Å². The number of likely N-dealkylation sites (tertiary alicyclic amines) is 1. The summed E-state index contributed by atoms with van der Waals surface area (Å²) < 4.78 is 1.15. The lowest BCUT2D eigenvalue weighted by Crippen LogP contribution is -2.37. The highest BCUT2D eigenvalue weighted by atomic mass is 127. The summed E-state index contributed by atoms with van der Waals surface area (Å²) in [7, 11) is 0. The number of nitrogens with one attached hydrogen (secondary N) is 1. The van der Waals surface area contributed by atoms with Crippen LogP contribution in [0.25, 0.3) is 0 Å². The topological polar surface area (TPSA) is 32.3 Å². The molecule has 108 valence electrons. The van der Waals surface area contributed by atoms with Crippen molar-refractivity contribution in [1.29, 1.82) is 0 Å². The second-order valence-electron chi connectivity index (χ2n) is 6.15. The van der Waals surface area contributed by atoms with Gasteiger partial charge in [0.15, 0.2) is 0 Å². The molecule has 2 aliphatic rings. The quantitative estimate of drug-likeness (QED) is 0.813. The van der Waals surface area contributed by atoms with Crippen molar-refractivity contribution >= 4 is 28.5 Å². The number of hydrogen-bond donors (Lipinski definition) is 1. The molecule has 1 aromatic carbocycles. The largest absolute Gasteiger partial charge is 0.348 e. The Kier molecular flexibility index (Phi) is 4.04. The summed E-state index contributed by atoms with van der Waals surface area (Å²) in [6.07, 6.45) is 3.74. The molecule has 3 rings (SSSR count). The molecule has 1 aromatic rings. The number of aryl methyl sites for hydroxylation is 1. The minimum atomic E-state index is 0.0674. The minimum absolute atomic E-state index is 0.0674. The number of amides is 1. The number of carbonyl (C=O) groups excluding carboxylic acids is 1. The average Bonchev–Trinajstić information content (AvgIpc) is 3.17. The molecule has 1 saturated heterocycles. The van der Waals surface area contributed by atoms with Gasteiger partial charge in [-0.3, -0.25) is 9.69 Å². The van der Waals surface area contributed by atoms with Gasteiger partial charge >= 0.3 is 0 Å². The van der Waals surface area contributed by atoms with Crippen molar-refractivity contribution in [3.63, 3.8) is 0 Å². The fourth-order valence-electron chi connectivity index (χ4n) is 3.08. The van der Waals surface area contributed by atoms with Gasteiger partial charge in [0.2, 0.25) is 0 Å². The Balaban J connectivity index is 1.62. The van der Waals surface area contributed by atoms with E-state index < -0.39 is 0 Å². The molecule has 0 radical (unpaired) electrons. The van der Waals surface area contributed by atoms with Crippen LogP contribution in [0.4, 0.5) is 0 Å². The number of hydrogen-bond acceptors (Lipinski definition) is 2. The third-order valence-corrected chi connectivity index (χ3v) is 5.57. The first-order valence-corrected chi connectivity index (χ1v) is 8.45. The lowest BCUT2D eigenvalue weighted by Gasteiger charge is -2.19. The zero-order valence-corrected chi connectivity index (χ0v) is 14.2. The van der Waals surface area contributed by atoms with Crippen LogP contribution in [0.3, 0.4) is 0 Å². The normalized spacial score (nSPS) is 26.8. The maximum Gasteiger partial charge on any atom is 0.251 e. The molecule has 0 bridgehead atoms. The van der Waals surface area contributed by atoms with E-state index in [1.807, 2.05) is 18.2 Å². The SMILES string of the molecule is Cc1ccc(C(=O)N[C@H]2C[C@@H](C)N(C3CC3)C2)cc1I. The van der Waals surface area contributed by atoms with Crippen molar-refractivity contribution in [3.05, 3.63) is 32.9 Å². The number of halogens is 1. The molecule has 2 atom stereocenters. The lowest BCUT2D eigenvalue weighted by molar-refractivity contribution is 0.0937. The van der Waals surface area contributed by atoms with Crippen LogP contribution in [0.5, 0.6) is 0 Å². The van der Waals surface area contributed by atoms with Crippen molar-refractivity contribution in [1.82, 2.24) is 10.2 Å². The Bertz CT molecular complexity index is 527. The van der Waals surface area contributed by atoms with E-state index in [9.17, 15) is 4.79 Å². The van der Waals surface area contributed by atoms with Gasteiger partial charge in [-0.05, 0) is 73.4 Å². The number of rotatable bonds is 3. The van der Waals surface area contributed by atoms with Gasteiger partial charge in [-0.15, -0.1) is 0 Å². The van der Waals surface area contributed by atoms with Gasteiger partial charge in [0, 0.05) is 33.8 Å². The first-order chi connectivity index (χ1) is 9.54. The predicted molar refractivity (Wildman–Crippen MR) is 89.0 cm³/mol. The fourth-order valence-corrected chi connectivity index (χ4v) is 3.59. The Morgan fingerprint density at radius 1 is 1.40 bits per heavy atom. The molecular formula is C16H21IN2O. The van der Waals surface area contributed by atoms with E-state index in [0.29, 0.717) is 12.1 Å². The van der Waals surface area contributed by atoms with Crippen molar-refractivity contribution in [3.8, 4) is 0 Å². The van der Waals surface area contributed by atoms with E-state index in [-0.39, 0.29) is 5.91 Å². The van der Waals surface area contributed by atoms with Gasteiger partial charge in [-0.25, -0.2) is 0 Å². The van der Waals surface area contributed by atoms with E-state index in [2.05, 4.69) is 46.7 Å². The van der Waals surface area contributed by atoms with Gasteiger partial charge in [0.25, 0.3) is 5.91 Å². The first kappa shape index (κ1) is 14.3. The van der Waals surface area contributed by atoms with Gasteiger partial charge in [-0.2, -0.15) is 0 Å². The highest BCUT2D eigenvalue weighted by Gasteiger charge is 2.39. The highest BCUT2D eigenvalue weighted by Crippen LogP contribution is 2.33. The van der Waals surface area contributed by atoms with E-state index in [1.165, 1.54) is 18.4 Å². The van der Waals surface area contributed by atoms with Crippen LogP contribution < -0.4 is 5.32 Å². The van der Waals surface area contributed by atoms with Crippen LogP contribution in [0.2, 0.25) is 0 Å². The summed E-state index contributed by atoms with van der Waals surface area (Å²) in [4.78, 5) is 14.9. The maximum absolute atomic E-state index is 12.3. The molecule has 0 aromatic heterocycles. The molecule has 0 unspecified atom stereocenters. The summed E-state index contributed by atoms with van der Waals surface area (Å²) >= 11 is 2.28. The van der Waals surface area contributed by atoms with Gasteiger partial charge in [0.05, 0.1) is 0 Å². The molecule has 1 amide bonds. The van der Waals surface area contributed by atoms with Gasteiger partial charge in [-0.1, -0.05) is 6.07 Å². The Hall–Kier alpha value is -0.620. The van der Waals surface area contributed by atoms with Crippen molar-refractivity contribution in [2.75, 3.05) is 6.54 Å². The van der Waals surface area contributed by atoms with Crippen LogP contribution >= 0.6 is 22.6 Å². The van der Waals surface area contributed by atoms with E-state index >= 15 is 0 Å². The molecule has 4 heteroatoms. The van der Waals surface area contributed by atoms with Crippen molar-refractivity contribution in [2.45, 2.75) is 51.2 Å². The molecule has 1 saturated carbocycles. The van der Waals surface area contributed by atoms with Crippen molar-refractivity contribution in [2.24, 2.45) is 0 Å². The molecule has 1 heterocycles. The van der Waals surface area contributed by atoms with Crippen LogP contribution in [0, 0.1) is 10.5 Å². The minimum Gasteiger partial charge on any atom is -0.348 e. The zero-order valence-electron chi connectivity index (χ0n) is 12.0. The van der Waals surface area contributed by atoms with E-state index in [1.54, 1.807) is 0 Å². The number of benzene rings is 1. The van der Waals surface area contributed by atoms with Crippen LogP contribution in [0.15, 0.2) is 18.2 Å². The summed E-state index contributed by atoms with van der Waals surface area (Å²) in [6.45, 7) is 5.36. The third-order valence-electron chi connectivity index (χ3n) is 4.41. The standard InChI is InChI=1S/C16H21IN2O/c1-10-3-4-12(8-15(10)17)16(20)18-13-7-11(2)19(9-13)14-5-6-14/h3-4,8,11,13-14H,5-7,9H2,1-2H3,(H,18,20)/t11-,13+/m1/s1. The zero-order chi connectivity index (χ0) is 14.3. The summed E-state index contributed by atoms with van der Waals surface area (Å²) in [6, 6.07) is 7.60. The van der Waals surface area contributed by atoms with Gasteiger partial charge < -0.3 is 5.32 Å². The molecule has 0 spiro atoms. The predicted octanol–water partition coefficient (Wildman–Crippen LogP) is 2.95. The van der Waals surface area contributed by atoms with Gasteiger partial charge in [0.1, 0.15) is 0 Å². The highest BCUT2D eigenvalue weighted by molar-refractivity contribution is 14.1. The smallest absolute Gasteiger partial charge is 0.251 e. The molecule has 3 nitrogen and oxygen atoms in total. The maximum atomic E-state index is 12.3. The van der Waals surface area contributed by atoms with E-state index in [0.717, 1.165) is 28.1 Å². The number of carbonyl (C=O) groups is 1. The molecule has 1 N–H and O–H groups in total. The summed E-state index contributed by atoms with van der Waals surface area (Å²) in [5.74, 6) is 0.0674. The average molecular weight is 384 g/mol. The fraction of sp³-hybridized carbons (Fsp3) is 0.562. The molecule has 1 aliphatic carbocycles. The Morgan fingerprint density at radius 2 is 2.15 bits per heavy atom. The Labute approximate surface area is 134 Å². The van der Waals surface area contributed by atoms with Crippen LogP contribution in [-0.2, 0) is 0 Å². The Morgan fingerprint density at radius 3 is 2.80 bits per heavy atom. The monoisotopic (exact) mass is 384 g/mol. The first-order valence-electron chi connectivity index (χ1n) is 7.37. The molecule has 1 aliphatic heterocycles. The lowest BCUT2D eigenvalue weighted by atomic mass is 10.1. The summed E-state index contributed by atoms with van der Waals surface area (Å²) in [5, 5.41) is 3.20. The molecular weight excluding hydrogens is 363 g/mol. The molecule has 2 fully saturated rings. The second kappa shape index (κ2) is 5.64. The van der Waals surface area contributed by atoms with Crippen LogP contribution in [-0.4, -0.2) is 35.5 Å². The third kappa shape index (κ3) is 3.01. The molecule has 20 heavy (non-hydrogen) atoms. The van der Waals surface area contributed by atoms with Crippen molar-refractivity contribution < 1.29 is 4.79 Å². The number of nitrogens with zero attached hydrogens (tertiary/aromatic N) is 1. The summed E-state index contributed by atoms with van der Waals surface area (Å²) in [5.41, 5.74) is 1.99.